The summed E-state index contributed by atoms with van der Waals surface area (Å²) < 4.78 is 21.3. The highest BCUT2D eigenvalue weighted by Gasteiger charge is 2.53. The summed E-state index contributed by atoms with van der Waals surface area (Å²) in [5.41, 5.74) is -0.502. The summed E-state index contributed by atoms with van der Waals surface area (Å²) in [5.74, 6) is -0.151. The van der Waals surface area contributed by atoms with E-state index in [2.05, 4.69) is 129 Å². The Morgan fingerprint density at radius 2 is 1.02 bits per heavy atom. The van der Waals surface area contributed by atoms with E-state index in [1.54, 1.807) is 0 Å². The summed E-state index contributed by atoms with van der Waals surface area (Å²) in [5, 5.41) is 4.57. The maximum Gasteiger partial charge on any atom is 0.386 e. The molecule has 43 heavy (non-hydrogen) atoms. The second-order valence-electron chi connectivity index (χ2n) is 12.7. The maximum atomic E-state index is 12.9. The van der Waals surface area contributed by atoms with Gasteiger partial charge in [-0.15, -0.1) is 0 Å². The molecular weight excluding hydrogens is 581 g/mol. The molecule has 0 bridgehead atoms. The third kappa shape index (κ3) is 7.91. The summed E-state index contributed by atoms with van der Waals surface area (Å²) in [7, 11) is -8.44. The first-order valence-corrected chi connectivity index (χ1v) is 22.7. The topological polar surface area (TPSA) is 44.8 Å². The Morgan fingerprint density at radius 1 is 0.628 bits per heavy atom. The molecule has 0 saturated heterocycles. The van der Waals surface area contributed by atoms with Crippen LogP contribution < -0.4 is 20.7 Å². The zero-order valence-electron chi connectivity index (χ0n) is 26.5. The maximum absolute atomic E-state index is 12.9. The van der Waals surface area contributed by atoms with Crippen LogP contribution in [0.25, 0.3) is 0 Å². The molecule has 0 unspecified atom stereocenters. The Labute approximate surface area is 261 Å². The number of rotatable bonds is 14. The molecule has 0 N–H and O–H groups in total. The van der Waals surface area contributed by atoms with Crippen LogP contribution in [0.15, 0.2) is 121 Å². The lowest BCUT2D eigenvalue weighted by Gasteiger charge is -2.45. The lowest BCUT2D eigenvalue weighted by Crippen LogP contribution is -2.75. The van der Waals surface area contributed by atoms with Crippen LogP contribution in [-0.4, -0.2) is 37.8 Å². The fraction of sp³-hybridized carbons (Fsp3) is 0.306. The summed E-state index contributed by atoms with van der Waals surface area (Å²) in [6.07, 6.45) is 1.42. The molecule has 7 heteroatoms. The predicted octanol–water partition coefficient (Wildman–Crippen LogP) is 6.24. The van der Waals surface area contributed by atoms with Crippen LogP contribution in [0.4, 0.5) is 0 Å². The van der Waals surface area contributed by atoms with E-state index < -0.39 is 30.6 Å². The normalized spacial score (nSPS) is 12.6. The largest absolute Gasteiger partial charge is 0.465 e. The van der Waals surface area contributed by atoms with Gasteiger partial charge in [0.2, 0.25) is 8.32 Å². The highest BCUT2D eigenvalue weighted by atomic mass is 28.5. The van der Waals surface area contributed by atoms with Crippen molar-refractivity contribution in [2.24, 2.45) is 5.41 Å². The van der Waals surface area contributed by atoms with Crippen molar-refractivity contribution in [3.8, 4) is 0 Å². The molecule has 0 amide bonds. The van der Waals surface area contributed by atoms with Crippen molar-refractivity contribution >= 4 is 51.9 Å². The number of ether oxygens (including phenoxy) is 1. The SMILES string of the molecule is CCC(C)(C)C(=O)OCCC[Si](O[Si](O[Si](C)(C)C)(c1ccccc1)c1ccccc1)(c1ccccc1)c1ccccc1. The first-order valence-electron chi connectivity index (χ1n) is 15.3. The molecule has 0 heterocycles. The number of carbonyl (C=O) groups is 1. The van der Waals surface area contributed by atoms with E-state index in [4.69, 9.17) is 13.0 Å². The average Bonchev–Trinajstić information content (AvgIpc) is 3.03. The van der Waals surface area contributed by atoms with Gasteiger partial charge in [-0.3, -0.25) is 4.79 Å². The Balaban J connectivity index is 1.91. The van der Waals surface area contributed by atoms with Gasteiger partial charge in [0.05, 0.1) is 12.0 Å². The van der Waals surface area contributed by atoms with E-state index in [-0.39, 0.29) is 5.97 Å². The van der Waals surface area contributed by atoms with Crippen LogP contribution in [0.5, 0.6) is 0 Å². The third-order valence-electron chi connectivity index (χ3n) is 7.90. The van der Waals surface area contributed by atoms with Gasteiger partial charge in [-0.25, -0.2) is 0 Å². The van der Waals surface area contributed by atoms with Crippen molar-refractivity contribution in [3.63, 3.8) is 0 Å². The molecule has 0 atom stereocenters. The van der Waals surface area contributed by atoms with Crippen molar-refractivity contribution in [2.75, 3.05) is 6.61 Å². The van der Waals surface area contributed by atoms with E-state index in [1.807, 2.05) is 32.9 Å². The van der Waals surface area contributed by atoms with Crippen molar-refractivity contribution in [2.45, 2.75) is 59.3 Å². The van der Waals surface area contributed by atoms with Crippen molar-refractivity contribution in [1.29, 1.82) is 0 Å². The van der Waals surface area contributed by atoms with Crippen molar-refractivity contribution in [3.05, 3.63) is 121 Å². The predicted molar refractivity (Wildman–Crippen MR) is 186 cm³/mol. The summed E-state index contributed by atoms with van der Waals surface area (Å²) in [6.45, 7) is 13.0. The Morgan fingerprint density at radius 3 is 1.40 bits per heavy atom. The molecule has 0 fully saturated rings. The lowest BCUT2D eigenvalue weighted by molar-refractivity contribution is -0.154. The molecule has 0 saturated carbocycles. The van der Waals surface area contributed by atoms with Gasteiger partial charge >= 0.3 is 14.5 Å². The quantitative estimate of drug-likeness (QED) is 0.0945. The molecule has 0 spiro atoms. The molecule has 4 aromatic rings. The fourth-order valence-corrected chi connectivity index (χ4v) is 19.1. The molecule has 0 aromatic heterocycles. The summed E-state index contributed by atoms with van der Waals surface area (Å²) in [6, 6.07) is 43.2. The number of hydrogen-bond acceptors (Lipinski definition) is 4. The molecule has 0 aliphatic heterocycles. The highest BCUT2D eigenvalue weighted by Crippen LogP contribution is 2.26. The van der Waals surface area contributed by atoms with Gasteiger partial charge in [-0.2, -0.15) is 0 Å². The smallest absolute Gasteiger partial charge is 0.386 e. The first-order chi connectivity index (χ1) is 20.5. The monoisotopic (exact) mass is 626 g/mol. The standard InChI is InChI=1S/C36H46O4Si3/c1-7-36(2,3)35(37)38-29-20-30-42(31-21-12-8-13-22-31,32-23-14-9-15-24-32)40-43(39-41(4,5)6,33-25-16-10-17-26-33)34-27-18-11-19-28-34/h8-19,21-28H,7,20,29-30H2,1-6H3. The van der Waals surface area contributed by atoms with Gasteiger partial charge < -0.3 is 13.0 Å². The van der Waals surface area contributed by atoms with E-state index in [1.165, 1.54) is 10.4 Å². The third-order valence-corrected chi connectivity index (χ3v) is 19.8. The molecule has 0 aliphatic carbocycles. The summed E-state index contributed by atoms with van der Waals surface area (Å²) >= 11 is 0. The van der Waals surface area contributed by atoms with Crippen molar-refractivity contribution < 1.29 is 17.8 Å². The van der Waals surface area contributed by atoms with Gasteiger partial charge in [-0.1, -0.05) is 128 Å². The van der Waals surface area contributed by atoms with Crippen LogP contribution in [0.1, 0.15) is 33.6 Å². The van der Waals surface area contributed by atoms with Crippen LogP contribution in [-0.2, 0) is 17.8 Å². The number of carbonyl (C=O) groups excluding carboxylic acids is 1. The van der Waals surface area contributed by atoms with Gasteiger partial charge in [0.15, 0.2) is 8.32 Å². The fourth-order valence-electron chi connectivity index (χ4n) is 5.28. The Bertz CT molecular complexity index is 1340. The van der Waals surface area contributed by atoms with Crippen LogP contribution in [0.2, 0.25) is 25.7 Å². The molecule has 0 radical (unpaired) electrons. The zero-order chi connectivity index (χ0) is 31.0. The number of esters is 1. The minimum Gasteiger partial charge on any atom is -0.465 e. The van der Waals surface area contributed by atoms with Gasteiger partial charge in [0, 0.05) is 0 Å². The Hall–Kier alpha value is -3.08. The minimum atomic E-state index is -3.29. The van der Waals surface area contributed by atoms with Gasteiger partial charge in [0.1, 0.15) is 0 Å². The van der Waals surface area contributed by atoms with Gasteiger partial charge in [0.25, 0.3) is 0 Å². The first kappa shape index (κ1) is 32.8. The molecule has 4 nitrogen and oxygen atoms in total. The van der Waals surface area contributed by atoms with E-state index in [0.717, 1.165) is 22.8 Å². The molecular formula is C36H46O4Si3. The summed E-state index contributed by atoms with van der Waals surface area (Å²) in [4.78, 5) is 12.9. The highest BCUT2D eigenvalue weighted by molar-refractivity contribution is 7.08. The van der Waals surface area contributed by atoms with E-state index >= 15 is 0 Å². The molecule has 4 aromatic carbocycles. The number of hydrogen-bond donors (Lipinski definition) is 0. The zero-order valence-corrected chi connectivity index (χ0v) is 29.5. The molecule has 226 valence electrons. The van der Waals surface area contributed by atoms with Crippen LogP contribution >= 0.6 is 0 Å². The van der Waals surface area contributed by atoms with E-state index in [0.29, 0.717) is 13.0 Å². The number of benzene rings is 4. The second-order valence-corrected chi connectivity index (χ2v) is 24.3. The van der Waals surface area contributed by atoms with Crippen LogP contribution in [0.3, 0.4) is 0 Å². The van der Waals surface area contributed by atoms with Crippen LogP contribution in [0, 0.1) is 5.41 Å². The van der Waals surface area contributed by atoms with Gasteiger partial charge in [-0.05, 0) is 73.1 Å². The lowest BCUT2D eigenvalue weighted by atomic mass is 9.91. The van der Waals surface area contributed by atoms with Crippen molar-refractivity contribution in [1.82, 2.24) is 0 Å². The second kappa shape index (κ2) is 14.1. The average molecular weight is 627 g/mol. The molecule has 4 rings (SSSR count). The van der Waals surface area contributed by atoms with E-state index in [9.17, 15) is 4.79 Å². The minimum absolute atomic E-state index is 0.151. The molecule has 0 aliphatic rings. The Kier molecular flexibility index (Phi) is 10.8.